The molecule has 1 fully saturated rings. The number of hydrogen-bond acceptors (Lipinski definition) is 2. The Bertz CT molecular complexity index is 533. The van der Waals surface area contributed by atoms with Gasteiger partial charge in [0.05, 0.1) is 11.2 Å². The molecule has 2 rings (SSSR count). The highest BCUT2D eigenvalue weighted by atomic mass is 19.1. The second-order valence-electron chi connectivity index (χ2n) is 5.89. The van der Waals surface area contributed by atoms with Crippen molar-refractivity contribution < 1.29 is 13.6 Å². The van der Waals surface area contributed by atoms with Crippen molar-refractivity contribution in [2.24, 2.45) is 11.7 Å². The number of hydrogen-bond donors (Lipinski definition) is 2. The summed E-state index contributed by atoms with van der Waals surface area (Å²) in [6.07, 6.45) is 3.05. The van der Waals surface area contributed by atoms with Gasteiger partial charge in [-0.05, 0) is 37.3 Å². The molecule has 0 bridgehead atoms. The van der Waals surface area contributed by atoms with Crippen LogP contribution in [-0.2, 0) is 4.79 Å². The molecule has 0 heterocycles. The van der Waals surface area contributed by atoms with Crippen LogP contribution in [0.2, 0.25) is 0 Å². The Morgan fingerprint density at radius 3 is 2.75 bits per heavy atom. The summed E-state index contributed by atoms with van der Waals surface area (Å²) in [5.74, 6) is -1.28. The van der Waals surface area contributed by atoms with E-state index in [1.54, 1.807) is 0 Å². The Morgan fingerprint density at radius 1 is 1.40 bits per heavy atom. The van der Waals surface area contributed by atoms with Crippen LogP contribution >= 0.6 is 0 Å². The number of nitrogens with two attached hydrogens (primary N) is 1. The van der Waals surface area contributed by atoms with Gasteiger partial charge < -0.3 is 11.1 Å². The van der Waals surface area contributed by atoms with E-state index in [2.05, 4.69) is 5.32 Å². The molecular formula is C15H20F2N2O. The minimum absolute atomic E-state index is 0.152. The Morgan fingerprint density at radius 2 is 2.10 bits per heavy atom. The predicted octanol–water partition coefficient (Wildman–Crippen LogP) is 3.12. The molecule has 1 aliphatic rings. The van der Waals surface area contributed by atoms with Gasteiger partial charge >= 0.3 is 0 Å². The van der Waals surface area contributed by atoms with Crippen molar-refractivity contribution >= 4 is 11.6 Å². The van der Waals surface area contributed by atoms with E-state index >= 15 is 0 Å². The summed E-state index contributed by atoms with van der Waals surface area (Å²) in [4.78, 5) is 12.3. The van der Waals surface area contributed by atoms with E-state index < -0.39 is 23.1 Å². The molecule has 2 atom stereocenters. The molecule has 20 heavy (non-hydrogen) atoms. The molecule has 1 saturated carbocycles. The summed E-state index contributed by atoms with van der Waals surface area (Å²) in [6.45, 7) is 3.51. The third-order valence-corrected chi connectivity index (χ3v) is 3.98. The lowest BCUT2D eigenvalue weighted by Crippen LogP contribution is -2.53. The molecule has 2 unspecified atom stereocenters. The highest BCUT2D eigenvalue weighted by molar-refractivity contribution is 5.98. The van der Waals surface area contributed by atoms with Gasteiger partial charge in [0.25, 0.3) is 0 Å². The summed E-state index contributed by atoms with van der Waals surface area (Å²) in [5.41, 5.74) is 5.19. The number of carbonyl (C=O) groups is 1. The standard InChI is InChI=1S/C15H20F2N2O/c1-9-4-3-5-15(18,8-9)14(20)19-13-7-11(16)10(2)6-12(13)17/h6-7,9H,3-5,8,18H2,1-2H3,(H,19,20). The van der Waals surface area contributed by atoms with Crippen molar-refractivity contribution in [1.29, 1.82) is 0 Å². The van der Waals surface area contributed by atoms with Gasteiger partial charge in [-0.25, -0.2) is 8.78 Å². The second-order valence-corrected chi connectivity index (χ2v) is 5.89. The minimum Gasteiger partial charge on any atom is -0.322 e. The van der Waals surface area contributed by atoms with Crippen LogP contribution in [0, 0.1) is 24.5 Å². The Hall–Kier alpha value is -1.49. The van der Waals surface area contributed by atoms with Crippen LogP contribution in [0.4, 0.5) is 14.5 Å². The van der Waals surface area contributed by atoms with Gasteiger partial charge in [0.15, 0.2) is 0 Å². The Kier molecular flexibility index (Phi) is 4.09. The van der Waals surface area contributed by atoms with Crippen LogP contribution in [0.15, 0.2) is 12.1 Å². The maximum atomic E-state index is 13.7. The van der Waals surface area contributed by atoms with E-state index in [0.29, 0.717) is 18.8 Å². The largest absolute Gasteiger partial charge is 0.322 e. The summed E-state index contributed by atoms with van der Waals surface area (Å²) in [7, 11) is 0. The molecule has 3 nitrogen and oxygen atoms in total. The lowest BCUT2D eigenvalue weighted by molar-refractivity contribution is -0.122. The Balaban J connectivity index is 2.17. The summed E-state index contributed by atoms with van der Waals surface area (Å²) < 4.78 is 27.2. The quantitative estimate of drug-likeness (QED) is 0.875. The molecule has 0 saturated heterocycles. The molecule has 0 spiro atoms. The monoisotopic (exact) mass is 282 g/mol. The fraction of sp³-hybridized carbons (Fsp3) is 0.533. The van der Waals surface area contributed by atoms with Gasteiger partial charge in [-0.2, -0.15) is 0 Å². The molecule has 110 valence electrons. The zero-order chi connectivity index (χ0) is 14.9. The van der Waals surface area contributed by atoms with E-state index in [1.165, 1.54) is 6.92 Å². The molecule has 1 aliphatic carbocycles. The van der Waals surface area contributed by atoms with Gasteiger partial charge in [-0.1, -0.05) is 19.8 Å². The van der Waals surface area contributed by atoms with Crippen molar-refractivity contribution in [2.45, 2.75) is 45.1 Å². The van der Waals surface area contributed by atoms with Gasteiger partial charge in [-0.3, -0.25) is 4.79 Å². The van der Waals surface area contributed by atoms with E-state index in [9.17, 15) is 13.6 Å². The zero-order valence-corrected chi connectivity index (χ0v) is 11.8. The maximum absolute atomic E-state index is 13.7. The average molecular weight is 282 g/mol. The van der Waals surface area contributed by atoms with Crippen molar-refractivity contribution in [2.75, 3.05) is 5.32 Å². The molecule has 0 aliphatic heterocycles. The number of aryl methyl sites for hydroxylation is 1. The fourth-order valence-corrected chi connectivity index (χ4v) is 2.79. The van der Waals surface area contributed by atoms with Crippen LogP contribution in [0.1, 0.15) is 38.2 Å². The van der Waals surface area contributed by atoms with Gasteiger partial charge in [0, 0.05) is 6.07 Å². The fourth-order valence-electron chi connectivity index (χ4n) is 2.79. The predicted molar refractivity (Wildman–Crippen MR) is 74.3 cm³/mol. The van der Waals surface area contributed by atoms with Crippen LogP contribution in [0.25, 0.3) is 0 Å². The molecule has 0 aromatic heterocycles. The first kappa shape index (κ1) is 14.9. The number of halogens is 2. The van der Waals surface area contributed by atoms with E-state index in [0.717, 1.165) is 25.0 Å². The molecule has 1 amide bonds. The summed E-state index contributed by atoms with van der Waals surface area (Å²) >= 11 is 0. The van der Waals surface area contributed by atoms with Gasteiger partial charge in [-0.15, -0.1) is 0 Å². The van der Waals surface area contributed by atoms with Crippen LogP contribution in [0.3, 0.4) is 0 Å². The average Bonchev–Trinajstić information content (AvgIpc) is 2.35. The molecule has 1 aromatic rings. The highest BCUT2D eigenvalue weighted by Crippen LogP contribution is 2.31. The lowest BCUT2D eigenvalue weighted by Gasteiger charge is -2.35. The van der Waals surface area contributed by atoms with Crippen LogP contribution in [0.5, 0.6) is 0 Å². The first-order valence-electron chi connectivity index (χ1n) is 6.88. The summed E-state index contributed by atoms with van der Waals surface area (Å²) in [5, 5.41) is 2.43. The van der Waals surface area contributed by atoms with Crippen LogP contribution in [-0.4, -0.2) is 11.4 Å². The van der Waals surface area contributed by atoms with Crippen molar-refractivity contribution in [3.8, 4) is 0 Å². The number of carbonyl (C=O) groups excluding carboxylic acids is 1. The molecule has 1 aromatic carbocycles. The third kappa shape index (κ3) is 2.98. The zero-order valence-electron chi connectivity index (χ0n) is 11.8. The van der Waals surface area contributed by atoms with E-state index in [-0.39, 0.29) is 11.3 Å². The molecule has 3 N–H and O–H groups in total. The lowest BCUT2D eigenvalue weighted by atomic mass is 9.76. The van der Waals surface area contributed by atoms with E-state index in [1.807, 2.05) is 6.92 Å². The third-order valence-electron chi connectivity index (χ3n) is 3.98. The van der Waals surface area contributed by atoms with E-state index in [4.69, 9.17) is 5.73 Å². The SMILES string of the molecule is Cc1cc(F)c(NC(=O)C2(N)CCCC(C)C2)cc1F. The van der Waals surface area contributed by atoms with Crippen molar-refractivity contribution in [3.05, 3.63) is 29.3 Å². The number of nitrogens with one attached hydrogen (secondary N) is 1. The number of amides is 1. The number of rotatable bonds is 2. The first-order chi connectivity index (χ1) is 9.32. The maximum Gasteiger partial charge on any atom is 0.244 e. The van der Waals surface area contributed by atoms with Crippen molar-refractivity contribution in [1.82, 2.24) is 0 Å². The topological polar surface area (TPSA) is 55.1 Å². The first-order valence-corrected chi connectivity index (χ1v) is 6.88. The number of anilines is 1. The molecule has 0 radical (unpaired) electrons. The second kappa shape index (κ2) is 5.48. The highest BCUT2D eigenvalue weighted by Gasteiger charge is 2.38. The molecular weight excluding hydrogens is 262 g/mol. The van der Waals surface area contributed by atoms with Gasteiger partial charge in [0.2, 0.25) is 5.91 Å². The Labute approximate surface area is 117 Å². The summed E-state index contributed by atoms with van der Waals surface area (Å²) in [6, 6.07) is 2.07. The number of benzene rings is 1. The van der Waals surface area contributed by atoms with Crippen LogP contribution < -0.4 is 11.1 Å². The molecule has 5 heteroatoms. The minimum atomic E-state index is -0.995. The van der Waals surface area contributed by atoms with Crippen molar-refractivity contribution in [3.63, 3.8) is 0 Å². The smallest absolute Gasteiger partial charge is 0.244 e. The normalized spacial score (nSPS) is 26.4. The van der Waals surface area contributed by atoms with Gasteiger partial charge in [0.1, 0.15) is 11.6 Å².